The van der Waals surface area contributed by atoms with Crippen LogP contribution < -0.4 is 20.9 Å². The van der Waals surface area contributed by atoms with Crippen LogP contribution in [0.4, 0.5) is 0 Å². The van der Waals surface area contributed by atoms with Crippen molar-refractivity contribution < 1.29 is 27.5 Å². The molecule has 15 heteroatoms. The van der Waals surface area contributed by atoms with E-state index in [1.165, 1.54) is 9.78 Å². The largest absolute Gasteiger partial charge is 0.459 e. The van der Waals surface area contributed by atoms with Gasteiger partial charge in [-0.25, -0.2) is 13.4 Å². The minimum Gasteiger partial charge on any atom is -0.459 e. The number of allylic oxidation sites excluding steroid dienone is 2. The third-order valence-corrected chi connectivity index (χ3v) is 13.3. The van der Waals surface area contributed by atoms with E-state index in [1.54, 1.807) is 11.3 Å². The van der Waals surface area contributed by atoms with E-state index in [1.807, 2.05) is 50.5 Å². The summed E-state index contributed by atoms with van der Waals surface area (Å²) in [5.41, 5.74) is 15.2. The number of para-hydroxylation sites is 1. The number of aryl methyl sites for hydroxylation is 1. The van der Waals surface area contributed by atoms with Crippen LogP contribution in [0, 0.1) is 17.3 Å². The summed E-state index contributed by atoms with van der Waals surface area (Å²) in [7, 11) is -3.60. The molecule has 1 aliphatic carbocycles. The number of likely N-dealkylation sites (tertiary alicyclic amines) is 1. The molecule has 0 spiro atoms. The number of hydrogen-bond acceptors (Lipinski definition) is 10. The Balaban J connectivity index is 1.25. The number of thiazole rings is 1. The van der Waals surface area contributed by atoms with Crippen LogP contribution in [0.25, 0.3) is 21.6 Å². The predicted molar refractivity (Wildman–Crippen MR) is 222 cm³/mol. The molecule has 1 aliphatic heterocycles. The highest BCUT2D eigenvalue weighted by Crippen LogP contribution is 2.41. The van der Waals surface area contributed by atoms with Crippen molar-refractivity contribution in [1.29, 1.82) is 0 Å². The lowest BCUT2D eigenvalue weighted by atomic mass is 9.86. The number of fused-ring (bicyclic) bond motifs is 1. The molecule has 1 saturated carbocycles. The van der Waals surface area contributed by atoms with Crippen molar-refractivity contribution >= 4 is 50.1 Å². The van der Waals surface area contributed by atoms with Gasteiger partial charge in [0.1, 0.15) is 22.7 Å². The van der Waals surface area contributed by atoms with Crippen molar-refractivity contribution in [2.45, 2.75) is 137 Å². The Bertz CT molecular complexity index is 2030. The number of nitrogens with zero attached hydrogens (tertiary/aromatic N) is 4. The number of benzene rings is 1. The number of amides is 3. The number of rotatable bonds is 18. The van der Waals surface area contributed by atoms with E-state index in [9.17, 15) is 22.8 Å². The van der Waals surface area contributed by atoms with Crippen molar-refractivity contribution in [1.82, 2.24) is 24.2 Å². The van der Waals surface area contributed by atoms with Gasteiger partial charge < -0.3 is 21.1 Å². The molecule has 5 N–H and O–H groups in total. The van der Waals surface area contributed by atoms with Crippen molar-refractivity contribution in [2.24, 2.45) is 28.7 Å². The maximum atomic E-state index is 13.4. The third-order valence-electron chi connectivity index (χ3n) is 10.8. The van der Waals surface area contributed by atoms with Gasteiger partial charge in [-0.3, -0.25) is 23.7 Å². The standard InChI is InChI=1S/C41H61N7O6S2/c1-9-26-21-29(26)37(50)46-56(52,53)20-15-13-11-10-12-14-19-32-33(24(2)3)44-38(55-32)28-17-16-18-30-34(28)45-40(48(30)25(4)5)54-27-22-31(36(43)49)47(23-27)39(51)35(42)41(6,7)8/h10,12,16-18,24-27,29,31,35H,9,11,13-15,19-23,42H2,1-8H3,(H2,43,49)(H,46,50). The zero-order valence-electron chi connectivity index (χ0n) is 34.2. The van der Waals surface area contributed by atoms with Crippen LogP contribution in [0.3, 0.4) is 0 Å². The van der Waals surface area contributed by atoms with E-state index in [2.05, 4.69) is 44.6 Å². The van der Waals surface area contributed by atoms with Gasteiger partial charge in [-0.15, -0.1) is 11.3 Å². The Morgan fingerprint density at radius 3 is 2.41 bits per heavy atom. The number of hydrogen-bond donors (Lipinski definition) is 3. The molecule has 56 heavy (non-hydrogen) atoms. The first-order chi connectivity index (χ1) is 26.3. The Morgan fingerprint density at radius 1 is 1.07 bits per heavy atom. The SMILES string of the molecule is CCC1CC1C(=O)NS(=O)(=O)CCCCC=CCCc1sc(-c2cccc3c2nc(OC2CC(C(N)=O)N(C(=O)C(N)C(C)(C)C)C2)n3C(C)C)nc1C(C)C. The molecule has 0 radical (unpaired) electrons. The van der Waals surface area contributed by atoms with E-state index in [-0.39, 0.29) is 48.4 Å². The molecule has 3 aromatic rings. The van der Waals surface area contributed by atoms with Gasteiger partial charge in [-0.1, -0.05) is 66.2 Å². The Morgan fingerprint density at radius 2 is 1.79 bits per heavy atom. The van der Waals surface area contributed by atoms with E-state index in [0.717, 1.165) is 65.8 Å². The molecule has 308 valence electrons. The summed E-state index contributed by atoms with van der Waals surface area (Å²) in [4.78, 5) is 50.9. The number of carbonyl (C=O) groups is 3. The minimum atomic E-state index is -3.60. The van der Waals surface area contributed by atoms with Gasteiger partial charge in [0.25, 0.3) is 6.01 Å². The Hall–Kier alpha value is -3.82. The predicted octanol–water partition coefficient (Wildman–Crippen LogP) is 6.22. The number of nitrogens with two attached hydrogens (primary N) is 2. The van der Waals surface area contributed by atoms with Crippen LogP contribution in [0.1, 0.15) is 123 Å². The van der Waals surface area contributed by atoms with Gasteiger partial charge in [0.05, 0.1) is 29.6 Å². The molecule has 0 bridgehead atoms. The summed E-state index contributed by atoms with van der Waals surface area (Å²) in [6.07, 6.45) is 9.30. The monoisotopic (exact) mass is 811 g/mol. The molecule has 5 rings (SSSR count). The lowest BCUT2D eigenvalue weighted by Gasteiger charge is -2.31. The molecule has 1 aromatic carbocycles. The summed E-state index contributed by atoms with van der Waals surface area (Å²) in [5, 5.41) is 0.876. The molecule has 3 heterocycles. The molecule has 3 amide bonds. The summed E-state index contributed by atoms with van der Waals surface area (Å²) >= 11 is 1.67. The molecule has 13 nitrogen and oxygen atoms in total. The second-order valence-corrected chi connectivity index (χ2v) is 20.0. The second kappa shape index (κ2) is 17.8. The normalized spacial score (nSPS) is 20.7. The topological polar surface area (TPSA) is 193 Å². The lowest BCUT2D eigenvalue weighted by molar-refractivity contribution is -0.140. The number of imidazole rings is 1. The number of ether oxygens (including phenoxy) is 1. The van der Waals surface area contributed by atoms with E-state index < -0.39 is 39.5 Å². The molecule has 5 atom stereocenters. The first-order valence-corrected chi connectivity index (χ1v) is 22.5. The lowest BCUT2D eigenvalue weighted by Crippen LogP contribution is -2.54. The van der Waals surface area contributed by atoms with E-state index in [4.69, 9.17) is 26.2 Å². The average molecular weight is 812 g/mol. The average Bonchev–Trinajstić information content (AvgIpc) is 3.39. The summed E-state index contributed by atoms with van der Waals surface area (Å²) in [5.74, 6) is -0.931. The first kappa shape index (κ1) is 43.3. The number of aromatic nitrogens is 3. The first-order valence-electron chi connectivity index (χ1n) is 20.0. The smallest absolute Gasteiger partial charge is 0.297 e. The molecule has 1 saturated heterocycles. The highest BCUT2D eigenvalue weighted by atomic mass is 32.2. The quantitative estimate of drug-likeness (QED) is 0.0988. The van der Waals surface area contributed by atoms with Gasteiger partial charge in [-0.2, -0.15) is 4.98 Å². The third kappa shape index (κ3) is 10.2. The van der Waals surface area contributed by atoms with Gasteiger partial charge in [0.15, 0.2) is 0 Å². The van der Waals surface area contributed by atoms with Gasteiger partial charge in [0.2, 0.25) is 27.7 Å². The van der Waals surface area contributed by atoms with Crippen LogP contribution in [0.5, 0.6) is 6.01 Å². The maximum absolute atomic E-state index is 13.4. The van der Waals surface area contributed by atoms with Gasteiger partial charge in [0, 0.05) is 28.8 Å². The second-order valence-electron chi connectivity index (χ2n) is 17.0. The zero-order chi connectivity index (χ0) is 41.1. The summed E-state index contributed by atoms with van der Waals surface area (Å²) in [6.45, 7) is 16.3. The molecule has 2 aliphatic rings. The van der Waals surface area contributed by atoms with Crippen LogP contribution in [0.2, 0.25) is 0 Å². The number of nitrogens with one attached hydrogen (secondary N) is 1. The highest BCUT2D eigenvalue weighted by molar-refractivity contribution is 7.90. The number of primary amides is 1. The molecule has 2 aromatic heterocycles. The van der Waals surface area contributed by atoms with Crippen molar-refractivity contribution in [3.63, 3.8) is 0 Å². The highest BCUT2D eigenvalue weighted by Gasteiger charge is 2.44. The van der Waals surface area contributed by atoms with E-state index in [0.29, 0.717) is 18.3 Å². The number of unbranched alkanes of at least 4 members (excludes halogenated alkanes) is 2. The molecule has 2 fully saturated rings. The van der Waals surface area contributed by atoms with Crippen molar-refractivity contribution in [3.05, 3.63) is 40.9 Å². The zero-order valence-corrected chi connectivity index (χ0v) is 35.8. The van der Waals surface area contributed by atoms with Crippen molar-refractivity contribution in [2.75, 3.05) is 12.3 Å². The Labute approximate surface area is 336 Å². The fraction of sp³-hybridized carbons (Fsp3) is 0.634. The van der Waals surface area contributed by atoms with Gasteiger partial charge in [-0.05, 0) is 81.8 Å². The summed E-state index contributed by atoms with van der Waals surface area (Å²) in [6, 6.07) is 4.83. The van der Waals surface area contributed by atoms with Crippen LogP contribution >= 0.6 is 11.3 Å². The van der Waals surface area contributed by atoms with E-state index >= 15 is 0 Å². The van der Waals surface area contributed by atoms with Gasteiger partial charge >= 0.3 is 0 Å². The molecular weight excluding hydrogens is 751 g/mol. The fourth-order valence-corrected chi connectivity index (χ4v) is 9.76. The van der Waals surface area contributed by atoms with Crippen LogP contribution in [-0.4, -0.2) is 76.1 Å². The fourth-order valence-electron chi connectivity index (χ4n) is 7.36. The molecular formula is C41H61N7O6S2. The number of carbonyl (C=O) groups excluding carboxylic acids is 3. The Kier molecular flexibility index (Phi) is 13.7. The molecule has 5 unspecified atom stereocenters. The van der Waals surface area contributed by atoms with Crippen LogP contribution in [-0.2, 0) is 30.8 Å². The number of sulfonamides is 1. The summed E-state index contributed by atoms with van der Waals surface area (Å²) < 4.78 is 35.5. The van der Waals surface area contributed by atoms with Crippen LogP contribution in [0.15, 0.2) is 30.4 Å². The maximum Gasteiger partial charge on any atom is 0.297 e. The minimum absolute atomic E-state index is 0.00164. The van der Waals surface area contributed by atoms with Crippen molar-refractivity contribution in [3.8, 4) is 16.6 Å².